The first-order valence-electron chi connectivity index (χ1n) is 5.60. The Morgan fingerprint density at radius 3 is 2.53 bits per heavy atom. The molecule has 0 amide bonds. The van der Waals surface area contributed by atoms with Crippen molar-refractivity contribution in [1.29, 1.82) is 0 Å². The zero-order valence-corrected chi connectivity index (χ0v) is 10.1. The number of nitrogens with zero attached hydrogens (tertiary/aromatic N) is 1. The van der Waals surface area contributed by atoms with E-state index < -0.39 is 0 Å². The largest absolute Gasteiger partial charge is 0.438 e. The maximum absolute atomic E-state index is 5.82. The van der Waals surface area contributed by atoms with Crippen LogP contribution in [0.4, 0.5) is 0 Å². The topological polar surface area (TPSA) is 48.1 Å². The van der Waals surface area contributed by atoms with Crippen molar-refractivity contribution in [3.63, 3.8) is 0 Å². The van der Waals surface area contributed by atoms with E-state index in [4.69, 9.17) is 10.5 Å². The number of ether oxygens (including phenoxy) is 1. The molecule has 0 radical (unpaired) electrons. The molecular formula is C14H16N2O. The van der Waals surface area contributed by atoms with Crippen molar-refractivity contribution in [1.82, 2.24) is 4.98 Å². The molecule has 0 saturated carbocycles. The number of aryl methyl sites for hydroxylation is 2. The molecule has 2 N–H and O–H groups in total. The Hall–Kier alpha value is -1.87. The zero-order chi connectivity index (χ0) is 12.3. The Morgan fingerprint density at radius 1 is 1.18 bits per heavy atom. The van der Waals surface area contributed by atoms with E-state index >= 15 is 0 Å². The Bertz CT molecular complexity index is 503. The monoisotopic (exact) mass is 228 g/mol. The molecule has 0 aliphatic carbocycles. The molecule has 88 valence electrons. The van der Waals surface area contributed by atoms with E-state index in [1.807, 2.05) is 44.2 Å². The fourth-order valence-corrected chi connectivity index (χ4v) is 1.70. The summed E-state index contributed by atoms with van der Waals surface area (Å²) in [6.45, 7) is 4.54. The van der Waals surface area contributed by atoms with Crippen LogP contribution in [0.15, 0.2) is 36.5 Å². The number of hydrogen-bond donors (Lipinski definition) is 1. The average molecular weight is 228 g/mol. The highest BCUT2D eigenvalue weighted by atomic mass is 16.5. The van der Waals surface area contributed by atoms with Crippen LogP contribution in [0.1, 0.15) is 16.7 Å². The van der Waals surface area contributed by atoms with E-state index in [-0.39, 0.29) is 0 Å². The molecule has 0 fully saturated rings. The zero-order valence-electron chi connectivity index (χ0n) is 10.1. The van der Waals surface area contributed by atoms with Crippen molar-refractivity contribution in [3.05, 3.63) is 53.2 Å². The van der Waals surface area contributed by atoms with Gasteiger partial charge in [-0.25, -0.2) is 4.98 Å². The van der Waals surface area contributed by atoms with Crippen molar-refractivity contribution >= 4 is 0 Å². The van der Waals surface area contributed by atoms with Crippen LogP contribution in [-0.4, -0.2) is 4.98 Å². The highest BCUT2D eigenvalue weighted by Crippen LogP contribution is 2.27. The summed E-state index contributed by atoms with van der Waals surface area (Å²) in [7, 11) is 0. The summed E-state index contributed by atoms with van der Waals surface area (Å²) in [5, 5.41) is 0. The maximum atomic E-state index is 5.82. The predicted molar refractivity (Wildman–Crippen MR) is 68.1 cm³/mol. The molecule has 0 bridgehead atoms. The smallest absolute Gasteiger partial charge is 0.219 e. The van der Waals surface area contributed by atoms with Gasteiger partial charge in [-0.3, -0.25) is 0 Å². The number of hydrogen-bond acceptors (Lipinski definition) is 3. The first kappa shape index (κ1) is 11.6. The molecule has 2 rings (SSSR count). The first-order valence-corrected chi connectivity index (χ1v) is 5.60. The summed E-state index contributed by atoms with van der Waals surface area (Å²) in [5.74, 6) is 1.46. The van der Waals surface area contributed by atoms with Gasteiger partial charge in [0.25, 0.3) is 0 Å². The molecule has 17 heavy (non-hydrogen) atoms. The molecule has 1 heterocycles. The molecule has 0 unspecified atom stereocenters. The predicted octanol–water partition coefficient (Wildman–Crippen LogP) is 2.95. The molecule has 2 aromatic rings. The lowest BCUT2D eigenvalue weighted by Gasteiger charge is -2.11. The Kier molecular flexibility index (Phi) is 3.40. The summed E-state index contributed by atoms with van der Waals surface area (Å²) >= 11 is 0. The van der Waals surface area contributed by atoms with E-state index in [2.05, 4.69) is 4.98 Å². The van der Waals surface area contributed by atoms with Gasteiger partial charge in [-0.2, -0.15) is 0 Å². The standard InChI is InChI=1S/C14H16N2O/c1-10-4-3-5-11(2)14(10)17-13-8-12(9-15)6-7-16-13/h3-8H,9,15H2,1-2H3. The third kappa shape index (κ3) is 2.63. The Morgan fingerprint density at radius 2 is 1.88 bits per heavy atom. The van der Waals surface area contributed by atoms with Crippen LogP contribution in [0.3, 0.4) is 0 Å². The molecule has 0 saturated heterocycles. The molecular weight excluding hydrogens is 212 g/mol. The molecule has 3 nitrogen and oxygen atoms in total. The molecule has 0 aliphatic heterocycles. The molecule has 0 aliphatic rings. The minimum absolute atomic E-state index is 0.492. The summed E-state index contributed by atoms with van der Waals surface area (Å²) in [6, 6.07) is 9.81. The van der Waals surface area contributed by atoms with E-state index in [0.717, 1.165) is 22.4 Å². The fraction of sp³-hybridized carbons (Fsp3) is 0.214. The van der Waals surface area contributed by atoms with Crippen LogP contribution < -0.4 is 10.5 Å². The minimum atomic E-state index is 0.492. The van der Waals surface area contributed by atoms with Crippen molar-refractivity contribution in [2.75, 3.05) is 0 Å². The number of benzene rings is 1. The summed E-state index contributed by atoms with van der Waals surface area (Å²) in [6.07, 6.45) is 1.71. The van der Waals surface area contributed by atoms with Crippen LogP contribution in [0.5, 0.6) is 11.6 Å². The third-order valence-corrected chi connectivity index (χ3v) is 2.65. The van der Waals surface area contributed by atoms with Gasteiger partial charge in [-0.05, 0) is 36.6 Å². The van der Waals surface area contributed by atoms with Crippen LogP contribution in [-0.2, 0) is 6.54 Å². The fourth-order valence-electron chi connectivity index (χ4n) is 1.70. The molecule has 0 atom stereocenters. The minimum Gasteiger partial charge on any atom is -0.438 e. The maximum Gasteiger partial charge on any atom is 0.219 e. The van der Waals surface area contributed by atoms with Gasteiger partial charge in [0.1, 0.15) is 5.75 Å². The second-order valence-corrected chi connectivity index (χ2v) is 4.03. The van der Waals surface area contributed by atoms with Crippen molar-refractivity contribution in [3.8, 4) is 11.6 Å². The van der Waals surface area contributed by atoms with Crippen molar-refractivity contribution in [2.45, 2.75) is 20.4 Å². The Labute approximate surface area is 101 Å². The number of pyridine rings is 1. The Balaban J connectivity index is 2.31. The van der Waals surface area contributed by atoms with Crippen LogP contribution >= 0.6 is 0 Å². The van der Waals surface area contributed by atoms with Crippen molar-refractivity contribution < 1.29 is 4.74 Å². The first-order chi connectivity index (χ1) is 8.20. The summed E-state index contributed by atoms with van der Waals surface area (Å²) in [5.41, 5.74) is 8.81. The number of nitrogens with two attached hydrogens (primary N) is 1. The molecule has 1 aromatic carbocycles. The van der Waals surface area contributed by atoms with Gasteiger partial charge in [-0.1, -0.05) is 18.2 Å². The van der Waals surface area contributed by atoms with Gasteiger partial charge in [0.05, 0.1) is 0 Å². The quantitative estimate of drug-likeness (QED) is 0.878. The normalized spacial score (nSPS) is 10.3. The lowest BCUT2D eigenvalue weighted by molar-refractivity contribution is 0.455. The SMILES string of the molecule is Cc1cccc(C)c1Oc1cc(CN)ccn1. The van der Waals surface area contributed by atoms with Gasteiger partial charge in [0, 0.05) is 18.8 Å². The molecule has 1 aromatic heterocycles. The van der Waals surface area contributed by atoms with Gasteiger partial charge < -0.3 is 10.5 Å². The number of para-hydroxylation sites is 1. The molecule has 3 heteroatoms. The van der Waals surface area contributed by atoms with Crippen LogP contribution in [0, 0.1) is 13.8 Å². The number of rotatable bonds is 3. The van der Waals surface area contributed by atoms with E-state index in [1.54, 1.807) is 6.20 Å². The van der Waals surface area contributed by atoms with Gasteiger partial charge in [0.2, 0.25) is 5.88 Å². The average Bonchev–Trinajstić information content (AvgIpc) is 2.34. The van der Waals surface area contributed by atoms with E-state index in [1.165, 1.54) is 0 Å². The third-order valence-electron chi connectivity index (χ3n) is 2.65. The van der Waals surface area contributed by atoms with E-state index in [9.17, 15) is 0 Å². The van der Waals surface area contributed by atoms with Crippen LogP contribution in [0.25, 0.3) is 0 Å². The second kappa shape index (κ2) is 4.97. The highest BCUT2D eigenvalue weighted by molar-refractivity contribution is 5.42. The lowest BCUT2D eigenvalue weighted by atomic mass is 10.1. The van der Waals surface area contributed by atoms with Crippen molar-refractivity contribution in [2.24, 2.45) is 5.73 Å². The van der Waals surface area contributed by atoms with E-state index in [0.29, 0.717) is 12.4 Å². The summed E-state index contributed by atoms with van der Waals surface area (Å²) in [4.78, 5) is 4.19. The highest BCUT2D eigenvalue weighted by Gasteiger charge is 2.05. The van der Waals surface area contributed by atoms with Gasteiger partial charge >= 0.3 is 0 Å². The van der Waals surface area contributed by atoms with Gasteiger partial charge in [-0.15, -0.1) is 0 Å². The number of aromatic nitrogens is 1. The van der Waals surface area contributed by atoms with Crippen LogP contribution in [0.2, 0.25) is 0 Å². The second-order valence-electron chi connectivity index (χ2n) is 4.03. The summed E-state index contributed by atoms with van der Waals surface area (Å²) < 4.78 is 5.82. The van der Waals surface area contributed by atoms with Gasteiger partial charge in [0.15, 0.2) is 0 Å². The lowest BCUT2D eigenvalue weighted by Crippen LogP contribution is -1.98. The molecule has 0 spiro atoms.